The summed E-state index contributed by atoms with van der Waals surface area (Å²) in [5.74, 6) is -0.138. The van der Waals surface area contributed by atoms with Gasteiger partial charge in [0.1, 0.15) is 0 Å². The van der Waals surface area contributed by atoms with Gasteiger partial charge in [-0.15, -0.1) is 0 Å². The van der Waals surface area contributed by atoms with Gasteiger partial charge >= 0.3 is 0 Å². The molecule has 2 amide bonds. The Morgan fingerprint density at radius 3 is 2.41 bits per heavy atom. The van der Waals surface area contributed by atoms with Gasteiger partial charge in [-0.1, -0.05) is 24.3 Å². The molecular weight excluding hydrogens is 360 g/mol. The molecule has 0 saturated carbocycles. The van der Waals surface area contributed by atoms with Gasteiger partial charge in [-0.3, -0.25) is 9.59 Å². The largest absolute Gasteiger partial charge is 0.322 e. The molecule has 0 radical (unpaired) electrons. The van der Waals surface area contributed by atoms with E-state index in [0.29, 0.717) is 17.7 Å². The summed E-state index contributed by atoms with van der Waals surface area (Å²) in [5.41, 5.74) is 6.34. The molecule has 1 aliphatic heterocycles. The van der Waals surface area contributed by atoms with Crippen molar-refractivity contribution in [2.45, 2.75) is 26.7 Å². The molecule has 0 unspecified atom stereocenters. The molecule has 4 heteroatoms. The van der Waals surface area contributed by atoms with Gasteiger partial charge < -0.3 is 10.2 Å². The highest BCUT2D eigenvalue weighted by molar-refractivity contribution is 6.08. The van der Waals surface area contributed by atoms with Crippen LogP contribution in [-0.4, -0.2) is 18.4 Å². The monoisotopic (exact) mass is 384 g/mol. The molecule has 0 atom stereocenters. The Kier molecular flexibility index (Phi) is 5.17. The fourth-order valence-electron chi connectivity index (χ4n) is 3.71. The summed E-state index contributed by atoms with van der Waals surface area (Å²) in [5, 5.41) is 2.97. The molecule has 0 fully saturated rings. The molecule has 0 spiro atoms. The van der Waals surface area contributed by atoms with Crippen molar-refractivity contribution in [2.24, 2.45) is 0 Å². The highest BCUT2D eigenvalue weighted by atomic mass is 16.2. The Hall–Kier alpha value is -3.40. The number of carbonyl (C=O) groups is 2. The van der Waals surface area contributed by atoms with Gasteiger partial charge in [0.2, 0.25) is 0 Å². The molecule has 3 aromatic carbocycles. The lowest BCUT2D eigenvalue weighted by Crippen LogP contribution is -2.35. The molecule has 1 aliphatic rings. The van der Waals surface area contributed by atoms with Gasteiger partial charge in [-0.25, -0.2) is 0 Å². The first kappa shape index (κ1) is 18.9. The van der Waals surface area contributed by atoms with Gasteiger partial charge in [0.15, 0.2) is 0 Å². The van der Waals surface area contributed by atoms with Crippen LogP contribution >= 0.6 is 0 Å². The number of anilines is 2. The first-order valence-electron chi connectivity index (χ1n) is 9.91. The standard InChI is InChI=1S/C25H24N2O2/c1-17-10-12-22(15-18(17)2)26-24(28)21-11-13-23-20(16-21)9-6-14-27(23)25(29)19-7-4-3-5-8-19/h3-5,7-8,10-13,15-16H,6,9,14H2,1-2H3,(H,26,28). The van der Waals surface area contributed by atoms with E-state index in [1.807, 2.05) is 79.4 Å². The summed E-state index contributed by atoms with van der Waals surface area (Å²) in [6.07, 6.45) is 1.74. The maximum absolute atomic E-state index is 12.9. The fraction of sp³-hybridized carbons (Fsp3) is 0.200. The third kappa shape index (κ3) is 3.92. The normalized spacial score (nSPS) is 13.0. The fourth-order valence-corrected chi connectivity index (χ4v) is 3.71. The third-order valence-corrected chi connectivity index (χ3v) is 5.49. The Morgan fingerprint density at radius 1 is 0.862 bits per heavy atom. The van der Waals surface area contributed by atoms with Crippen LogP contribution in [0.1, 0.15) is 43.8 Å². The number of hydrogen-bond acceptors (Lipinski definition) is 2. The van der Waals surface area contributed by atoms with E-state index in [-0.39, 0.29) is 11.8 Å². The van der Waals surface area contributed by atoms with E-state index in [9.17, 15) is 9.59 Å². The van der Waals surface area contributed by atoms with Gasteiger partial charge in [-0.05, 0) is 85.8 Å². The number of aryl methyl sites for hydroxylation is 3. The molecule has 0 bridgehead atoms. The van der Waals surface area contributed by atoms with Crippen LogP contribution in [0.15, 0.2) is 66.7 Å². The summed E-state index contributed by atoms with van der Waals surface area (Å²) in [6.45, 7) is 4.77. The predicted octanol–water partition coefficient (Wildman–Crippen LogP) is 5.15. The van der Waals surface area contributed by atoms with Crippen LogP contribution in [0.25, 0.3) is 0 Å². The second kappa shape index (κ2) is 7.92. The summed E-state index contributed by atoms with van der Waals surface area (Å²) in [4.78, 5) is 27.5. The minimum Gasteiger partial charge on any atom is -0.322 e. The third-order valence-electron chi connectivity index (χ3n) is 5.49. The lowest BCUT2D eigenvalue weighted by molar-refractivity contribution is 0.0984. The van der Waals surface area contributed by atoms with Crippen molar-refractivity contribution in [1.82, 2.24) is 0 Å². The van der Waals surface area contributed by atoms with E-state index >= 15 is 0 Å². The van der Waals surface area contributed by atoms with Crippen LogP contribution in [0.4, 0.5) is 11.4 Å². The topological polar surface area (TPSA) is 49.4 Å². The highest BCUT2D eigenvalue weighted by Gasteiger charge is 2.24. The number of amides is 2. The maximum Gasteiger partial charge on any atom is 0.258 e. The van der Waals surface area contributed by atoms with Gasteiger partial charge in [0.05, 0.1) is 0 Å². The number of fused-ring (bicyclic) bond motifs is 1. The zero-order chi connectivity index (χ0) is 20.4. The zero-order valence-electron chi connectivity index (χ0n) is 16.7. The maximum atomic E-state index is 12.9. The van der Waals surface area contributed by atoms with E-state index in [0.717, 1.165) is 35.3 Å². The lowest BCUT2D eigenvalue weighted by Gasteiger charge is -2.30. The predicted molar refractivity (Wildman–Crippen MR) is 117 cm³/mol. The second-order valence-electron chi connectivity index (χ2n) is 7.52. The van der Waals surface area contributed by atoms with Crippen LogP contribution in [0, 0.1) is 13.8 Å². The van der Waals surface area contributed by atoms with Gasteiger partial charge in [-0.2, -0.15) is 0 Å². The Balaban J connectivity index is 1.57. The molecule has 3 aromatic rings. The van der Waals surface area contributed by atoms with E-state index in [2.05, 4.69) is 5.32 Å². The van der Waals surface area contributed by atoms with Crippen molar-refractivity contribution in [3.8, 4) is 0 Å². The molecule has 0 saturated heterocycles. The number of hydrogen-bond donors (Lipinski definition) is 1. The molecule has 1 N–H and O–H groups in total. The Bertz CT molecular complexity index is 1070. The summed E-state index contributed by atoms with van der Waals surface area (Å²) in [6, 6.07) is 20.8. The van der Waals surface area contributed by atoms with E-state index in [1.54, 1.807) is 6.07 Å². The Morgan fingerprint density at radius 2 is 1.66 bits per heavy atom. The second-order valence-corrected chi connectivity index (χ2v) is 7.52. The number of carbonyl (C=O) groups excluding carboxylic acids is 2. The van der Waals surface area contributed by atoms with Gasteiger partial charge in [0, 0.05) is 29.0 Å². The van der Waals surface area contributed by atoms with Crippen molar-refractivity contribution >= 4 is 23.2 Å². The van der Waals surface area contributed by atoms with E-state index in [4.69, 9.17) is 0 Å². The molecule has 1 heterocycles. The average Bonchev–Trinajstić information content (AvgIpc) is 2.75. The molecular formula is C25H24N2O2. The SMILES string of the molecule is Cc1ccc(NC(=O)c2ccc3c(c2)CCCN3C(=O)c2ccccc2)cc1C. The van der Waals surface area contributed by atoms with Crippen molar-refractivity contribution in [2.75, 3.05) is 16.8 Å². The summed E-state index contributed by atoms with van der Waals surface area (Å²) in [7, 11) is 0. The summed E-state index contributed by atoms with van der Waals surface area (Å²) >= 11 is 0. The zero-order valence-corrected chi connectivity index (χ0v) is 16.7. The van der Waals surface area contributed by atoms with E-state index < -0.39 is 0 Å². The van der Waals surface area contributed by atoms with E-state index in [1.165, 1.54) is 5.56 Å². The van der Waals surface area contributed by atoms with Crippen LogP contribution < -0.4 is 10.2 Å². The minimum atomic E-state index is -0.137. The smallest absolute Gasteiger partial charge is 0.258 e. The van der Waals surface area contributed by atoms with Gasteiger partial charge in [0.25, 0.3) is 11.8 Å². The van der Waals surface area contributed by atoms with Crippen LogP contribution in [0.5, 0.6) is 0 Å². The number of benzene rings is 3. The Labute approximate surface area is 171 Å². The number of rotatable bonds is 3. The van der Waals surface area contributed by atoms with Crippen molar-refractivity contribution < 1.29 is 9.59 Å². The quantitative estimate of drug-likeness (QED) is 0.679. The number of nitrogens with zero attached hydrogens (tertiary/aromatic N) is 1. The molecule has 29 heavy (non-hydrogen) atoms. The minimum absolute atomic E-state index is 0.00104. The molecule has 146 valence electrons. The summed E-state index contributed by atoms with van der Waals surface area (Å²) < 4.78 is 0. The van der Waals surface area contributed by atoms with Crippen molar-refractivity contribution in [3.05, 3.63) is 94.5 Å². The first-order valence-corrected chi connectivity index (χ1v) is 9.91. The average molecular weight is 384 g/mol. The number of nitrogens with one attached hydrogen (secondary N) is 1. The molecule has 4 rings (SSSR count). The van der Waals surface area contributed by atoms with Crippen LogP contribution in [0.2, 0.25) is 0 Å². The first-order chi connectivity index (χ1) is 14.0. The van der Waals surface area contributed by atoms with Crippen LogP contribution in [-0.2, 0) is 6.42 Å². The van der Waals surface area contributed by atoms with Crippen LogP contribution in [0.3, 0.4) is 0 Å². The van der Waals surface area contributed by atoms with Crippen molar-refractivity contribution in [1.29, 1.82) is 0 Å². The van der Waals surface area contributed by atoms with Crippen molar-refractivity contribution in [3.63, 3.8) is 0 Å². The molecule has 0 aliphatic carbocycles. The highest BCUT2D eigenvalue weighted by Crippen LogP contribution is 2.30. The molecule has 0 aromatic heterocycles. The lowest BCUT2D eigenvalue weighted by atomic mass is 9.98. The molecule has 4 nitrogen and oxygen atoms in total.